The van der Waals surface area contributed by atoms with Gasteiger partial charge in [0.15, 0.2) is 0 Å². The SMILES string of the molecule is O=C1C[C@@H]2CCN(S(=O)(=O)c3ccccc3)C[C@@H]2CCOc2ncccc2N1. The average molecular weight is 401 g/mol. The van der Waals surface area contributed by atoms with Crippen molar-refractivity contribution >= 4 is 21.6 Å². The highest BCUT2D eigenvalue weighted by atomic mass is 32.2. The maximum atomic E-state index is 13.0. The van der Waals surface area contributed by atoms with Crippen LogP contribution in [0.25, 0.3) is 0 Å². The molecule has 8 heteroatoms. The normalized spacial score (nSPS) is 23.6. The third-order valence-corrected chi connectivity index (χ3v) is 7.33. The zero-order chi connectivity index (χ0) is 19.6. The molecule has 0 spiro atoms. The molecule has 2 aliphatic rings. The summed E-state index contributed by atoms with van der Waals surface area (Å²) in [6.07, 6.45) is 3.32. The first-order chi connectivity index (χ1) is 13.5. The predicted molar refractivity (Wildman–Crippen MR) is 104 cm³/mol. The summed E-state index contributed by atoms with van der Waals surface area (Å²) in [6, 6.07) is 12.0. The lowest BCUT2D eigenvalue weighted by molar-refractivity contribution is -0.118. The van der Waals surface area contributed by atoms with E-state index in [-0.39, 0.29) is 17.7 Å². The van der Waals surface area contributed by atoms with Gasteiger partial charge in [-0.15, -0.1) is 0 Å². The van der Waals surface area contributed by atoms with Crippen LogP contribution in [-0.2, 0) is 14.8 Å². The molecule has 1 fully saturated rings. The molecule has 2 atom stereocenters. The molecule has 148 valence electrons. The lowest BCUT2D eigenvalue weighted by Crippen LogP contribution is -2.45. The second kappa shape index (κ2) is 7.89. The Kier molecular flexibility index (Phi) is 5.32. The van der Waals surface area contributed by atoms with Gasteiger partial charge in [-0.2, -0.15) is 4.31 Å². The minimum Gasteiger partial charge on any atom is -0.476 e. The quantitative estimate of drug-likeness (QED) is 0.835. The maximum Gasteiger partial charge on any atom is 0.243 e. The zero-order valence-electron chi connectivity index (χ0n) is 15.5. The van der Waals surface area contributed by atoms with Gasteiger partial charge < -0.3 is 10.1 Å². The summed E-state index contributed by atoms with van der Waals surface area (Å²) in [6.45, 7) is 1.25. The number of benzene rings is 1. The first-order valence-corrected chi connectivity index (χ1v) is 10.9. The summed E-state index contributed by atoms with van der Waals surface area (Å²) in [5.74, 6) is 0.500. The number of hydrogen-bond acceptors (Lipinski definition) is 5. The lowest BCUT2D eigenvalue weighted by atomic mass is 9.82. The number of anilines is 1. The van der Waals surface area contributed by atoms with Gasteiger partial charge >= 0.3 is 0 Å². The van der Waals surface area contributed by atoms with Crippen LogP contribution in [0.4, 0.5) is 5.69 Å². The molecule has 4 rings (SSSR count). The summed E-state index contributed by atoms with van der Waals surface area (Å²) in [5, 5.41) is 2.87. The van der Waals surface area contributed by atoms with E-state index < -0.39 is 10.0 Å². The first-order valence-electron chi connectivity index (χ1n) is 9.47. The van der Waals surface area contributed by atoms with Crippen LogP contribution in [0.3, 0.4) is 0 Å². The van der Waals surface area contributed by atoms with Gasteiger partial charge in [0.25, 0.3) is 0 Å². The van der Waals surface area contributed by atoms with Gasteiger partial charge in [-0.25, -0.2) is 13.4 Å². The third-order valence-electron chi connectivity index (χ3n) is 5.46. The van der Waals surface area contributed by atoms with E-state index in [9.17, 15) is 13.2 Å². The summed E-state index contributed by atoms with van der Waals surface area (Å²) >= 11 is 0. The van der Waals surface area contributed by atoms with Crippen molar-refractivity contribution in [3.8, 4) is 5.88 Å². The number of amides is 1. The van der Waals surface area contributed by atoms with E-state index in [1.54, 1.807) is 53.0 Å². The molecule has 1 N–H and O–H groups in total. The van der Waals surface area contributed by atoms with Crippen molar-refractivity contribution in [3.05, 3.63) is 48.7 Å². The van der Waals surface area contributed by atoms with Gasteiger partial charge in [0, 0.05) is 25.7 Å². The predicted octanol–water partition coefficient (Wildman–Crippen LogP) is 2.52. The molecule has 1 aromatic carbocycles. The maximum absolute atomic E-state index is 13.0. The Hall–Kier alpha value is -2.45. The number of ether oxygens (including phenoxy) is 1. The van der Waals surface area contributed by atoms with E-state index in [1.165, 1.54) is 0 Å². The summed E-state index contributed by atoms with van der Waals surface area (Å²) in [5.41, 5.74) is 0.579. The Morgan fingerprint density at radius 1 is 1.07 bits per heavy atom. The van der Waals surface area contributed by atoms with Crippen LogP contribution in [0.1, 0.15) is 19.3 Å². The van der Waals surface area contributed by atoms with Crippen LogP contribution < -0.4 is 10.1 Å². The molecule has 0 saturated carbocycles. The van der Waals surface area contributed by atoms with Crippen molar-refractivity contribution < 1.29 is 17.9 Å². The molecule has 7 nitrogen and oxygen atoms in total. The standard InChI is InChI=1S/C20H23N3O4S/c24-19-13-15-8-11-23(28(25,26)17-5-2-1-3-6-17)14-16(15)9-12-27-20-18(22-19)7-4-10-21-20/h1-7,10,15-16H,8-9,11-14H2,(H,22,24)/t15-,16-/m0/s1. The number of hydrogen-bond donors (Lipinski definition) is 1. The fraction of sp³-hybridized carbons (Fsp3) is 0.400. The van der Waals surface area contributed by atoms with Gasteiger partial charge in [-0.3, -0.25) is 4.79 Å². The van der Waals surface area contributed by atoms with Crippen LogP contribution in [0.5, 0.6) is 5.88 Å². The number of aromatic nitrogens is 1. The van der Waals surface area contributed by atoms with Crippen LogP contribution >= 0.6 is 0 Å². The topological polar surface area (TPSA) is 88.6 Å². The molecule has 3 heterocycles. The van der Waals surface area contributed by atoms with Crippen molar-refractivity contribution in [2.75, 3.05) is 25.0 Å². The molecule has 0 unspecified atom stereocenters. The van der Waals surface area contributed by atoms with E-state index in [0.717, 1.165) is 0 Å². The minimum atomic E-state index is -3.53. The number of rotatable bonds is 2. The highest BCUT2D eigenvalue weighted by Gasteiger charge is 2.36. The van der Waals surface area contributed by atoms with Crippen molar-refractivity contribution in [2.24, 2.45) is 11.8 Å². The fourth-order valence-electron chi connectivity index (χ4n) is 3.95. The molecule has 1 saturated heterocycles. The summed E-state index contributed by atoms with van der Waals surface area (Å²) < 4.78 is 33.3. The van der Waals surface area contributed by atoms with Crippen LogP contribution in [0.2, 0.25) is 0 Å². The van der Waals surface area contributed by atoms with Crippen LogP contribution in [0, 0.1) is 11.8 Å². The molecule has 0 radical (unpaired) electrons. The van der Waals surface area contributed by atoms with E-state index >= 15 is 0 Å². The van der Waals surface area contributed by atoms with Gasteiger partial charge in [0.05, 0.1) is 11.5 Å². The number of nitrogens with one attached hydrogen (secondary N) is 1. The van der Waals surface area contributed by atoms with Crippen molar-refractivity contribution in [1.82, 2.24) is 9.29 Å². The molecule has 2 aromatic rings. The number of carbonyl (C=O) groups is 1. The van der Waals surface area contributed by atoms with Crippen molar-refractivity contribution in [2.45, 2.75) is 24.2 Å². The largest absolute Gasteiger partial charge is 0.476 e. The monoisotopic (exact) mass is 401 g/mol. The van der Waals surface area contributed by atoms with Gasteiger partial charge in [0.2, 0.25) is 21.8 Å². The Morgan fingerprint density at radius 2 is 1.89 bits per heavy atom. The number of nitrogens with zero attached hydrogens (tertiary/aromatic N) is 2. The van der Waals surface area contributed by atoms with Crippen LogP contribution in [-0.4, -0.2) is 43.3 Å². The smallest absolute Gasteiger partial charge is 0.243 e. The van der Waals surface area contributed by atoms with E-state index in [4.69, 9.17) is 4.74 Å². The Balaban J connectivity index is 1.53. The third kappa shape index (κ3) is 3.88. The Labute approximate surface area is 164 Å². The lowest BCUT2D eigenvalue weighted by Gasteiger charge is -2.38. The molecule has 0 aliphatic carbocycles. The fourth-order valence-corrected chi connectivity index (χ4v) is 5.48. The number of pyridine rings is 1. The number of sulfonamides is 1. The summed E-state index contributed by atoms with van der Waals surface area (Å²) in [7, 11) is -3.53. The van der Waals surface area contributed by atoms with Crippen LogP contribution in [0.15, 0.2) is 53.6 Å². The number of piperidine rings is 1. The molecule has 2 aliphatic heterocycles. The molecule has 1 aromatic heterocycles. The van der Waals surface area contributed by atoms with E-state index in [0.29, 0.717) is 55.4 Å². The van der Waals surface area contributed by atoms with E-state index in [2.05, 4.69) is 10.3 Å². The Bertz CT molecular complexity index is 949. The molecule has 0 bridgehead atoms. The molecular weight excluding hydrogens is 378 g/mol. The van der Waals surface area contributed by atoms with Gasteiger partial charge in [-0.1, -0.05) is 18.2 Å². The Morgan fingerprint density at radius 3 is 2.71 bits per heavy atom. The van der Waals surface area contributed by atoms with Crippen molar-refractivity contribution in [3.63, 3.8) is 0 Å². The van der Waals surface area contributed by atoms with Crippen molar-refractivity contribution in [1.29, 1.82) is 0 Å². The zero-order valence-corrected chi connectivity index (χ0v) is 16.3. The average Bonchev–Trinajstić information content (AvgIpc) is 2.71. The molecule has 1 amide bonds. The highest BCUT2D eigenvalue weighted by molar-refractivity contribution is 7.89. The van der Waals surface area contributed by atoms with Gasteiger partial charge in [0.1, 0.15) is 5.69 Å². The molecule has 28 heavy (non-hydrogen) atoms. The number of fused-ring (bicyclic) bond motifs is 2. The first kappa shape index (κ1) is 18.9. The second-order valence-electron chi connectivity index (χ2n) is 7.23. The second-order valence-corrected chi connectivity index (χ2v) is 9.17. The number of carbonyl (C=O) groups excluding carboxylic acids is 1. The van der Waals surface area contributed by atoms with E-state index in [1.807, 2.05) is 0 Å². The highest BCUT2D eigenvalue weighted by Crippen LogP contribution is 2.34. The minimum absolute atomic E-state index is 0.0586. The van der Waals surface area contributed by atoms with Gasteiger partial charge in [-0.05, 0) is 48.9 Å². The summed E-state index contributed by atoms with van der Waals surface area (Å²) in [4.78, 5) is 17.0. The molecular formula is C20H23N3O4S.